The first kappa shape index (κ1) is 30.3. The number of benzene rings is 1. The van der Waals surface area contributed by atoms with Gasteiger partial charge in [0.1, 0.15) is 23.9 Å². The number of hydrogen-bond donors (Lipinski definition) is 2. The number of nitrogens with one attached hydrogen (secondary N) is 2. The number of hydrogen-bond acceptors (Lipinski definition) is 7. The maximum absolute atomic E-state index is 14.3. The van der Waals surface area contributed by atoms with Gasteiger partial charge in [-0.2, -0.15) is 5.26 Å². The van der Waals surface area contributed by atoms with Crippen molar-refractivity contribution in [2.75, 3.05) is 18.9 Å². The van der Waals surface area contributed by atoms with Gasteiger partial charge in [0.25, 0.3) is 5.91 Å². The topological polar surface area (TPSA) is 149 Å². The van der Waals surface area contributed by atoms with E-state index in [2.05, 4.69) is 21.9 Å². The number of anilines is 1. The van der Waals surface area contributed by atoms with Gasteiger partial charge in [0.05, 0.1) is 11.5 Å². The molecule has 11 nitrogen and oxygen atoms in total. The first-order valence-corrected chi connectivity index (χ1v) is 15.2. The lowest BCUT2D eigenvalue weighted by molar-refractivity contribution is -0.147. The van der Waals surface area contributed by atoms with Gasteiger partial charge in [-0.05, 0) is 49.7 Å². The molecule has 0 radical (unpaired) electrons. The molecule has 1 spiro atoms. The number of nitrogens with zero attached hydrogens (tertiary/aromatic N) is 4. The summed E-state index contributed by atoms with van der Waals surface area (Å²) in [6.07, 6.45) is 5.08. The van der Waals surface area contributed by atoms with Crippen LogP contribution in [-0.4, -0.2) is 70.3 Å². The number of aryl methyl sites for hydroxylation is 1. The van der Waals surface area contributed by atoms with E-state index in [1.807, 2.05) is 38.1 Å². The first-order chi connectivity index (χ1) is 20.6. The van der Waals surface area contributed by atoms with E-state index in [0.29, 0.717) is 17.9 Å². The van der Waals surface area contributed by atoms with Crippen molar-refractivity contribution in [3.8, 4) is 6.07 Å². The number of fused-ring (bicyclic) bond motifs is 2. The van der Waals surface area contributed by atoms with Crippen molar-refractivity contribution in [2.24, 2.45) is 11.8 Å². The van der Waals surface area contributed by atoms with Gasteiger partial charge < -0.3 is 25.0 Å². The molecule has 11 heteroatoms. The van der Waals surface area contributed by atoms with Crippen LogP contribution in [0.1, 0.15) is 80.6 Å². The molecule has 1 aromatic heterocycles. The van der Waals surface area contributed by atoms with Crippen LogP contribution in [0.25, 0.3) is 0 Å². The minimum absolute atomic E-state index is 0.0534. The van der Waals surface area contributed by atoms with E-state index in [-0.39, 0.29) is 48.2 Å². The van der Waals surface area contributed by atoms with E-state index in [4.69, 9.17) is 4.52 Å². The van der Waals surface area contributed by atoms with Gasteiger partial charge in [-0.1, -0.05) is 56.5 Å². The van der Waals surface area contributed by atoms with E-state index in [0.717, 1.165) is 37.7 Å². The summed E-state index contributed by atoms with van der Waals surface area (Å²) < 4.78 is 5.07. The van der Waals surface area contributed by atoms with Crippen molar-refractivity contribution in [1.29, 1.82) is 5.26 Å². The van der Waals surface area contributed by atoms with Gasteiger partial charge in [0.2, 0.25) is 17.7 Å². The number of carbonyl (C=O) groups is 4. The maximum Gasteiger partial charge on any atom is 0.274 e. The van der Waals surface area contributed by atoms with Gasteiger partial charge in [-0.15, -0.1) is 0 Å². The molecule has 2 fully saturated rings. The van der Waals surface area contributed by atoms with Crippen molar-refractivity contribution < 1.29 is 23.7 Å². The summed E-state index contributed by atoms with van der Waals surface area (Å²) in [5.74, 6) is -1.000. The average Bonchev–Trinajstić information content (AvgIpc) is 3.69. The standard InChI is InChI=1S/C32H40N6O5/c1-19(2)14-26(29(40)38-18-32(16-22(38)17-33)23-12-8-9-13-24(23)34-31(32)42)37(4)30(41)27(21-10-6-5-7-11-21)35-28(39)25-15-20(3)43-36-25/h8-9,12-13,15,19,21-22,26-27H,5-7,10-11,14,16,18H2,1-4H3,(H,34,42)(H,35,39)/t22-,26-,27-,32-/m0/s1. The molecule has 228 valence electrons. The highest BCUT2D eigenvalue weighted by Crippen LogP contribution is 2.46. The second-order valence-electron chi connectivity index (χ2n) is 12.7. The summed E-state index contributed by atoms with van der Waals surface area (Å²) in [6, 6.07) is 8.58. The summed E-state index contributed by atoms with van der Waals surface area (Å²) in [6.45, 7) is 5.69. The molecule has 4 amide bonds. The van der Waals surface area contributed by atoms with Crippen molar-refractivity contribution in [3.63, 3.8) is 0 Å². The van der Waals surface area contributed by atoms with Crippen LogP contribution in [0.4, 0.5) is 5.69 Å². The SMILES string of the molecule is Cc1cc(C(=O)N[C@H](C(=O)N(C)[C@@H](CC(C)C)C(=O)N2C[C@]3(C[C@H]2C#N)C(=O)Nc2ccccc23)C2CCCCC2)no1. The third-order valence-corrected chi connectivity index (χ3v) is 9.25. The quantitative estimate of drug-likeness (QED) is 0.479. The lowest BCUT2D eigenvalue weighted by Gasteiger charge is -2.37. The van der Waals surface area contributed by atoms with Gasteiger partial charge in [0, 0.05) is 31.8 Å². The van der Waals surface area contributed by atoms with E-state index in [1.54, 1.807) is 14.0 Å². The number of carbonyl (C=O) groups excluding carboxylic acids is 4. The highest BCUT2D eigenvalue weighted by atomic mass is 16.5. The molecule has 2 N–H and O–H groups in total. The maximum atomic E-state index is 14.3. The molecule has 0 bridgehead atoms. The minimum Gasteiger partial charge on any atom is -0.361 e. The normalized spacial score (nSPS) is 23.0. The number of likely N-dealkylation sites (N-methyl/N-ethyl adjacent to an activating group) is 1. The fourth-order valence-electron chi connectivity index (χ4n) is 6.96. The molecule has 1 aliphatic carbocycles. The molecule has 1 aromatic carbocycles. The molecule has 2 aromatic rings. The van der Waals surface area contributed by atoms with E-state index >= 15 is 0 Å². The van der Waals surface area contributed by atoms with E-state index < -0.39 is 29.4 Å². The molecular weight excluding hydrogens is 548 g/mol. The smallest absolute Gasteiger partial charge is 0.274 e. The lowest BCUT2D eigenvalue weighted by atomic mass is 9.80. The fourth-order valence-corrected chi connectivity index (χ4v) is 6.96. The summed E-state index contributed by atoms with van der Waals surface area (Å²) in [5.41, 5.74) is 0.547. The van der Waals surface area contributed by atoms with Gasteiger partial charge in [0.15, 0.2) is 5.69 Å². The molecule has 4 atom stereocenters. The second kappa shape index (κ2) is 12.2. The molecule has 1 saturated carbocycles. The zero-order chi connectivity index (χ0) is 30.9. The van der Waals surface area contributed by atoms with Crippen molar-refractivity contribution in [1.82, 2.24) is 20.3 Å². The van der Waals surface area contributed by atoms with Crippen molar-refractivity contribution >= 4 is 29.3 Å². The number of amides is 4. The van der Waals surface area contributed by atoms with Crippen molar-refractivity contribution in [3.05, 3.63) is 47.3 Å². The molecule has 2 aliphatic heterocycles. The van der Waals surface area contributed by atoms with Crippen molar-refractivity contribution in [2.45, 2.75) is 89.3 Å². The van der Waals surface area contributed by atoms with Crippen LogP contribution < -0.4 is 10.6 Å². The monoisotopic (exact) mass is 588 g/mol. The molecule has 5 rings (SSSR count). The zero-order valence-electron chi connectivity index (χ0n) is 25.3. The Morgan fingerprint density at radius 3 is 2.60 bits per heavy atom. The Morgan fingerprint density at radius 1 is 1.23 bits per heavy atom. The number of rotatable bonds is 8. The number of nitriles is 1. The second-order valence-corrected chi connectivity index (χ2v) is 12.7. The fraction of sp³-hybridized carbons (Fsp3) is 0.562. The number of para-hydroxylation sites is 1. The summed E-state index contributed by atoms with van der Waals surface area (Å²) in [5, 5.41) is 19.8. The Labute approximate surface area is 251 Å². The van der Waals surface area contributed by atoms with Gasteiger partial charge in [-0.3, -0.25) is 19.2 Å². The Bertz CT molecular complexity index is 1440. The number of likely N-dealkylation sites (tertiary alicyclic amines) is 1. The third-order valence-electron chi connectivity index (χ3n) is 9.25. The molecule has 0 unspecified atom stereocenters. The number of aromatic nitrogens is 1. The van der Waals surface area contributed by atoms with Crippen LogP contribution >= 0.6 is 0 Å². The Kier molecular flexibility index (Phi) is 8.58. The highest BCUT2D eigenvalue weighted by Gasteiger charge is 2.57. The van der Waals surface area contributed by atoms with Crippen LogP contribution in [0.2, 0.25) is 0 Å². The molecule has 1 saturated heterocycles. The van der Waals surface area contributed by atoms with Crippen LogP contribution in [0.3, 0.4) is 0 Å². The van der Waals surface area contributed by atoms with Crippen LogP contribution in [0, 0.1) is 30.1 Å². The molecule has 3 aliphatic rings. The van der Waals surface area contributed by atoms with Crippen LogP contribution in [0.5, 0.6) is 0 Å². The Balaban J connectivity index is 1.42. The molecule has 43 heavy (non-hydrogen) atoms. The first-order valence-electron chi connectivity index (χ1n) is 15.2. The predicted octanol–water partition coefficient (Wildman–Crippen LogP) is 3.55. The Morgan fingerprint density at radius 2 is 1.95 bits per heavy atom. The lowest BCUT2D eigenvalue weighted by Crippen LogP contribution is -2.58. The summed E-state index contributed by atoms with van der Waals surface area (Å²) in [7, 11) is 1.60. The molecular formula is C32H40N6O5. The zero-order valence-corrected chi connectivity index (χ0v) is 25.3. The summed E-state index contributed by atoms with van der Waals surface area (Å²) in [4.78, 5) is 57.9. The minimum atomic E-state index is -1.02. The van der Waals surface area contributed by atoms with E-state index in [9.17, 15) is 24.4 Å². The largest absolute Gasteiger partial charge is 0.361 e. The van der Waals surface area contributed by atoms with Crippen LogP contribution in [-0.2, 0) is 19.8 Å². The Hall–Kier alpha value is -4.20. The van der Waals surface area contributed by atoms with Gasteiger partial charge >= 0.3 is 0 Å². The van der Waals surface area contributed by atoms with Crippen LogP contribution in [0.15, 0.2) is 34.9 Å². The highest BCUT2D eigenvalue weighted by molar-refractivity contribution is 6.07. The van der Waals surface area contributed by atoms with Gasteiger partial charge in [-0.25, -0.2) is 0 Å². The molecule has 3 heterocycles. The third kappa shape index (κ3) is 5.75. The average molecular weight is 589 g/mol. The summed E-state index contributed by atoms with van der Waals surface area (Å²) >= 11 is 0. The predicted molar refractivity (Wildman–Crippen MR) is 158 cm³/mol. The van der Waals surface area contributed by atoms with E-state index in [1.165, 1.54) is 15.9 Å².